The van der Waals surface area contributed by atoms with Gasteiger partial charge in [-0.25, -0.2) is 4.98 Å². The Kier molecular flexibility index (Phi) is 1.97. The second-order valence-corrected chi connectivity index (χ2v) is 3.58. The highest BCUT2D eigenvalue weighted by molar-refractivity contribution is 5.92. The van der Waals surface area contributed by atoms with Crippen LogP contribution in [0, 0.1) is 0 Å². The van der Waals surface area contributed by atoms with Gasteiger partial charge in [0.15, 0.2) is 0 Å². The molecule has 0 atom stereocenters. The first-order valence-corrected chi connectivity index (χ1v) is 5.05. The zero-order valence-electron chi connectivity index (χ0n) is 8.57. The minimum Gasteiger partial charge on any atom is -0.345 e. The molecule has 3 rings (SSSR count). The molecule has 0 aromatic carbocycles. The van der Waals surface area contributed by atoms with E-state index in [1.165, 1.54) is 0 Å². The first-order valence-electron chi connectivity index (χ1n) is 5.05. The molecule has 5 heteroatoms. The van der Waals surface area contributed by atoms with Gasteiger partial charge in [0.25, 0.3) is 0 Å². The number of hydrogen-bond acceptors (Lipinski definition) is 3. The Morgan fingerprint density at radius 2 is 2.31 bits per heavy atom. The van der Waals surface area contributed by atoms with Crippen LogP contribution < -0.4 is 5.73 Å². The lowest BCUT2D eigenvalue weighted by Crippen LogP contribution is -1.95. The van der Waals surface area contributed by atoms with Gasteiger partial charge in [0.1, 0.15) is 5.65 Å². The van der Waals surface area contributed by atoms with E-state index < -0.39 is 0 Å². The number of rotatable bonds is 2. The fraction of sp³-hybridized carbons (Fsp3) is 0.0909. The Bertz CT molecular complexity index is 622. The van der Waals surface area contributed by atoms with Gasteiger partial charge in [-0.2, -0.15) is 5.10 Å². The third-order valence-corrected chi connectivity index (χ3v) is 2.58. The molecule has 0 unspecified atom stereocenters. The molecule has 0 saturated carbocycles. The second-order valence-electron chi connectivity index (χ2n) is 3.58. The fourth-order valence-electron chi connectivity index (χ4n) is 1.78. The Balaban J connectivity index is 2.18. The Labute approximate surface area is 91.7 Å². The van der Waals surface area contributed by atoms with Crippen molar-refractivity contribution in [3.05, 3.63) is 36.3 Å². The molecule has 0 amide bonds. The van der Waals surface area contributed by atoms with Crippen molar-refractivity contribution in [1.82, 2.24) is 20.2 Å². The predicted octanol–water partition coefficient (Wildman–Crippen LogP) is 1.41. The molecule has 0 bridgehead atoms. The monoisotopic (exact) mass is 213 g/mol. The highest BCUT2D eigenvalue weighted by Gasteiger charge is 2.08. The zero-order chi connectivity index (χ0) is 11.0. The number of hydrogen-bond donors (Lipinski definition) is 3. The van der Waals surface area contributed by atoms with Gasteiger partial charge in [-0.1, -0.05) is 0 Å². The molecule has 0 saturated heterocycles. The van der Waals surface area contributed by atoms with Gasteiger partial charge in [0, 0.05) is 29.9 Å². The van der Waals surface area contributed by atoms with E-state index in [0.717, 1.165) is 28.0 Å². The molecule has 4 N–H and O–H groups in total. The Morgan fingerprint density at radius 3 is 3.12 bits per heavy atom. The van der Waals surface area contributed by atoms with E-state index in [9.17, 15) is 0 Å². The van der Waals surface area contributed by atoms with Gasteiger partial charge in [-0.3, -0.25) is 5.10 Å². The van der Waals surface area contributed by atoms with Gasteiger partial charge in [-0.15, -0.1) is 0 Å². The van der Waals surface area contributed by atoms with Crippen LogP contribution in [0.4, 0.5) is 0 Å². The van der Waals surface area contributed by atoms with Gasteiger partial charge in [0.2, 0.25) is 0 Å². The third kappa shape index (κ3) is 1.30. The van der Waals surface area contributed by atoms with Crippen molar-refractivity contribution in [2.24, 2.45) is 5.73 Å². The van der Waals surface area contributed by atoms with Crippen molar-refractivity contribution in [3.8, 4) is 11.3 Å². The van der Waals surface area contributed by atoms with Crippen LogP contribution in [-0.2, 0) is 6.54 Å². The molecule has 3 aromatic rings. The van der Waals surface area contributed by atoms with Gasteiger partial charge >= 0.3 is 0 Å². The lowest BCUT2D eigenvalue weighted by Gasteiger charge is -1.92. The first-order chi connectivity index (χ1) is 7.88. The van der Waals surface area contributed by atoms with Crippen LogP contribution >= 0.6 is 0 Å². The van der Waals surface area contributed by atoms with Crippen molar-refractivity contribution in [1.29, 1.82) is 0 Å². The number of aromatic amines is 2. The molecular formula is C11H11N5. The number of H-pyrrole nitrogens is 2. The summed E-state index contributed by atoms with van der Waals surface area (Å²) >= 11 is 0. The van der Waals surface area contributed by atoms with Gasteiger partial charge in [0.05, 0.1) is 11.4 Å². The van der Waals surface area contributed by atoms with E-state index in [0.29, 0.717) is 6.54 Å². The number of nitrogens with zero attached hydrogens (tertiary/aromatic N) is 2. The highest BCUT2D eigenvalue weighted by Crippen LogP contribution is 2.25. The quantitative estimate of drug-likeness (QED) is 0.601. The van der Waals surface area contributed by atoms with E-state index in [1.807, 2.05) is 24.4 Å². The van der Waals surface area contributed by atoms with Crippen LogP contribution in [0.3, 0.4) is 0 Å². The van der Waals surface area contributed by atoms with Crippen LogP contribution in [0.1, 0.15) is 5.69 Å². The van der Waals surface area contributed by atoms with Crippen molar-refractivity contribution >= 4 is 11.0 Å². The van der Waals surface area contributed by atoms with Gasteiger partial charge in [-0.05, 0) is 18.2 Å². The van der Waals surface area contributed by atoms with Crippen molar-refractivity contribution in [2.75, 3.05) is 0 Å². The topological polar surface area (TPSA) is 83.4 Å². The largest absolute Gasteiger partial charge is 0.345 e. The number of nitrogens with one attached hydrogen (secondary N) is 2. The molecule has 0 fully saturated rings. The normalized spacial score (nSPS) is 11.1. The number of nitrogens with two attached hydrogens (primary N) is 1. The van der Waals surface area contributed by atoms with Crippen LogP contribution in [0.15, 0.2) is 30.6 Å². The maximum Gasteiger partial charge on any atom is 0.137 e. The first kappa shape index (κ1) is 9.11. The lowest BCUT2D eigenvalue weighted by atomic mass is 10.1. The highest BCUT2D eigenvalue weighted by atomic mass is 15.1. The molecule has 0 aliphatic rings. The minimum absolute atomic E-state index is 0.442. The molecule has 80 valence electrons. The van der Waals surface area contributed by atoms with Gasteiger partial charge < -0.3 is 10.7 Å². The number of pyridine rings is 1. The maximum absolute atomic E-state index is 5.53. The van der Waals surface area contributed by atoms with E-state index in [-0.39, 0.29) is 0 Å². The molecule has 3 aromatic heterocycles. The summed E-state index contributed by atoms with van der Waals surface area (Å²) in [5, 5.41) is 8.17. The molecular weight excluding hydrogens is 202 g/mol. The summed E-state index contributed by atoms with van der Waals surface area (Å²) in [5.41, 5.74) is 9.28. The summed E-state index contributed by atoms with van der Waals surface area (Å²) in [6, 6.07) is 5.90. The summed E-state index contributed by atoms with van der Waals surface area (Å²) in [4.78, 5) is 7.36. The van der Waals surface area contributed by atoms with E-state index in [4.69, 9.17) is 5.73 Å². The molecule has 0 aliphatic carbocycles. The van der Waals surface area contributed by atoms with E-state index >= 15 is 0 Å². The lowest BCUT2D eigenvalue weighted by molar-refractivity contribution is 0.949. The number of aromatic nitrogens is 4. The molecule has 3 heterocycles. The SMILES string of the molecule is NCc1cc(-c2c[nH]c3ncccc23)[nH]n1. The minimum atomic E-state index is 0.442. The summed E-state index contributed by atoms with van der Waals surface area (Å²) in [6.07, 6.45) is 3.69. The molecule has 16 heavy (non-hydrogen) atoms. The maximum atomic E-state index is 5.53. The summed E-state index contributed by atoms with van der Waals surface area (Å²) in [7, 11) is 0. The molecule has 0 aliphatic heterocycles. The molecule has 0 spiro atoms. The summed E-state index contributed by atoms with van der Waals surface area (Å²) in [5.74, 6) is 0. The smallest absolute Gasteiger partial charge is 0.137 e. The van der Waals surface area contributed by atoms with Crippen molar-refractivity contribution < 1.29 is 0 Å². The number of fused-ring (bicyclic) bond motifs is 1. The molecule has 5 nitrogen and oxygen atoms in total. The zero-order valence-corrected chi connectivity index (χ0v) is 8.57. The Morgan fingerprint density at radius 1 is 1.38 bits per heavy atom. The van der Waals surface area contributed by atoms with E-state index in [1.54, 1.807) is 6.20 Å². The van der Waals surface area contributed by atoms with Crippen molar-refractivity contribution in [2.45, 2.75) is 6.54 Å². The predicted molar refractivity (Wildman–Crippen MR) is 61.6 cm³/mol. The van der Waals surface area contributed by atoms with Crippen molar-refractivity contribution in [3.63, 3.8) is 0 Å². The third-order valence-electron chi connectivity index (χ3n) is 2.58. The summed E-state index contributed by atoms with van der Waals surface area (Å²) in [6.45, 7) is 0.442. The standard InChI is InChI=1S/C11H11N5/c12-5-7-4-10(16-15-7)9-6-14-11-8(9)2-1-3-13-11/h1-4,6H,5,12H2,(H,13,14)(H,15,16). The van der Waals surface area contributed by atoms with Crippen LogP contribution in [-0.4, -0.2) is 20.2 Å². The Hall–Kier alpha value is -2.14. The van der Waals surface area contributed by atoms with Crippen LogP contribution in [0.5, 0.6) is 0 Å². The fourth-order valence-corrected chi connectivity index (χ4v) is 1.78. The average Bonchev–Trinajstić information content (AvgIpc) is 2.94. The molecule has 0 radical (unpaired) electrons. The second kappa shape index (κ2) is 3.46. The average molecular weight is 213 g/mol. The van der Waals surface area contributed by atoms with Crippen LogP contribution in [0.2, 0.25) is 0 Å². The van der Waals surface area contributed by atoms with Crippen LogP contribution in [0.25, 0.3) is 22.3 Å². The summed E-state index contributed by atoms with van der Waals surface area (Å²) < 4.78 is 0. The van der Waals surface area contributed by atoms with E-state index in [2.05, 4.69) is 20.2 Å².